The van der Waals surface area contributed by atoms with Gasteiger partial charge in [-0.15, -0.1) is 0 Å². The Kier molecular flexibility index (Phi) is 5.51. The Morgan fingerprint density at radius 2 is 1.52 bits per heavy atom. The average Bonchev–Trinajstić information content (AvgIpc) is 2.57. The van der Waals surface area contributed by atoms with Gasteiger partial charge in [0.2, 0.25) is 11.9 Å². The topological polar surface area (TPSA) is 62.7 Å². The van der Waals surface area contributed by atoms with E-state index in [1.165, 1.54) is 48.8 Å². The van der Waals surface area contributed by atoms with Crippen LogP contribution in [0.2, 0.25) is 0 Å². The second-order valence-electron chi connectivity index (χ2n) is 7.31. The highest BCUT2D eigenvalue weighted by atomic mass is 15.2. The second kappa shape index (κ2) is 7.81. The Morgan fingerprint density at radius 1 is 0.880 bits per heavy atom. The molecule has 0 unspecified atom stereocenters. The van der Waals surface area contributed by atoms with Gasteiger partial charge in [-0.05, 0) is 57.6 Å². The largest absolute Gasteiger partial charge is 0.354 e. The summed E-state index contributed by atoms with van der Waals surface area (Å²) in [6.07, 6.45) is 6.70. The molecule has 0 radical (unpaired) electrons. The fraction of sp³-hybridized carbons (Fsp3) is 0.550. The van der Waals surface area contributed by atoms with Gasteiger partial charge < -0.3 is 10.6 Å². The van der Waals surface area contributed by atoms with Crippen LogP contribution in [0.25, 0.3) is 0 Å². The van der Waals surface area contributed by atoms with E-state index in [0.29, 0.717) is 11.9 Å². The Hall–Kier alpha value is -2.17. The third-order valence-corrected chi connectivity index (χ3v) is 4.93. The lowest BCUT2D eigenvalue weighted by molar-refractivity contribution is 0.373. The molecule has 1 heterocycles. The second-order valence-corrected chi connectivity index (χ2v) is 7.31. The van der Waals surface area contributed by atoms with E-state index >= 15 is 0 Å². The van der Waals surface area contributed by atoms with E-state index < -0.39 is 0 Å². The molecule has 1 aliphatic rings. The van der Waals surface area contributed by atoms with Crippen molar-refractivity contribution in [3.8, 4) is 0 Å². The molecule has 2 N–H and O–H groups in total. The van der Waals surface area contributed by atoms with Gasteiger partial charge in [-0.2, -0.15) is 15.0 Å². The van der Waals surface area contributed by atoms with Gasteiger partial charge in [-0.3, -0.25) is 0 Å². The van der Waals surface area contributed by atoms with Crippen LogP contribution >= 0.6 is 0 Å². The van der Waals surface area contributed by atoms with Crippen molar-refractivity contribution >= 4 is 17.6 Å². The molecule has 5 heteroatoms. The van der Waals surface area contributed by atoms with Crippen molar-refractivity contribution in [3.63, 3.8) is 0 Å². The fourth-order valence-electron chi connectivity index (χ4n) is 3.73. The first-order valence-corrected chi connectivity index (χ1v) is 9.32. The summed E-state index contributed by atoms with van der Waals surface area (Å²) >= 11 is 0. The maximum Gasteiger partial charge on any atom is 0.232 e. The molecule has 0 bridgehead atoms. The zero-order valence-corrected chi connectivity index (χ0v) is 15.8. The van der Waals surface area contributed by atoms with Crippen LogP contribution in [0, 0.1) is 33.6 Å². The molecule has 1 fully saturated rings. The van der Waals surface area contributed by atoms with Gasteiger partial charge >= 0.3 is 0 Å². The summed E-state index contributed by atoms with van der Waals surface area (Å²) in [6, 6.07) is 4.34. The van der Waals surface area contributed by atoms with E-state index in [2.05, 4.69) is 58.5 Å². The summed E-state index contributed by atoms with van der Waals surface area (Å²) in [5.41, 5.74) is 4.75. The van der Waals surface area contributed by atoms with Crippen LogP contribution in [0.1, 0.15) is 54.6 Å². The van der Waals surface area contributed by atoms with Gasteiger partial charge in [0.05, 0.1) is 0 Å². The number of rotatable bonds is 5. The minimum Gasteiger partial charge on any atom is -0.354 e. The lowest BCUT2D eigenvalue weighted by atomic mass is 9.89. The molecule has 134 valence electrons. The number of nitrogens with zero attached hydrogens (tertiary/aromatic N) is 3. The summed E-state index contributed by atoms with van der Waals surface area (Å²) in [4.78, 5) is 13.5. The number of aromatic nitrogens is 3. The molecule has 5 nitrogen and oxygen atoms in total. The first-order chi connectivity index (χ1) is 12.0. The predicted molar refractivity (Wildman–Crippen MR) is 104 cm³/mol. The van der Waals surface area contributed by atoms with Crippen LogP contribution in [-0.4, -0.2) is 21.5 Å². The quantitative estimate of drug-likeness (QED) is 0.816. The average molecular weight is 339 g/mol. The van der Waals surface area contributed by atoms with Crippen LogP contribution in [0.5, 0.6) is 0 Å². The number of hydrogen-bond acceptors (Lipinski definition) is 5. The maximum absolute atomic E-state index is 4.57. The van der Waals surface area contributed by atoms with Crippen LogP contribution in [-0.2, 0) is 0 Å². The van der Waals surface area contributed by atoms with Crippen LogP contribution < -0.4 is 10.6 Å². The zero-order chi connectivity index (χ0) is 17.8. The lowest BCUT2D eigenvalue weighted by Crippen LogP contribution is -2.19. The highest BCUT2D eigenvalue weighted by Gasteiger charge is 2.14. The van der Waals surface area contributed by atoms with E-state index in [9.17, 15) is 0 Å². The Bertz CT molecular complexity index is 712. The van der Waals surface area contributed by atoms with Gasteiger partial charge in [0.25, 0.3) is 0 Å². The third kappa shape index (κ3) is 4.68. The van der Waals surface area contributed by atoms with Gasteiger partial charge in [-0.1, -0.05) is 37.0 Å². The first kappa shape index (κ1) is 17.6. The Balaban J connectivity index is 1.73. The minimum absolute atomic E-state index is 0.605. The first-order valence-electron chi connectivity index (χ1n) is 9.32. The molecule has 3 rings (SSSR count). The third-order valence-electron chi connectivity index (χ3n) is 4.93. The summed E-state index contributed by atoms with van der Waals surface area (Å²) in [5.74, 6) is 2.74. The van der Waals surface area contributed by atoms with E-state index in [-0.39, 0.29) is 0 Å². The predicted octanol–water partition coefficient (Wildman–Crippen LogP) is 4.84. The smallest absolute Gasteiger partial charge is 0.232 e. The van der Waals surface area contributed by atoms with Crippen molar-refractivity contribution in [2.75, 3.05) is 17.2 Å². The number of hydrogen-bond donors (Lipinski definition) is 2. The minimum atomic E-state index is 0.605. The van der Waals surface area contributed by atoms with E-state index in [1.54, 1.807) is 0 Å². The standard InChI is InChI=1S/C20H29N5/c1-13-10-14(2)18(15(3)11-13)24-20-23-16(4)22-19(25-20)21-12-17-8-6-5-7-9-17/h10-11,17H,5-9,12H2,1-4H3,(H2,21,22,23,24,25). The molecule has 1 aliphatic carbocycles. The number of benzene rings is 1. The molecule has 2 aromatic rings. The SMILES string of the molecule is Cc1cc(C)c(Nc2nc(C)nc(NCC3CCCCC3)n2)c(C)c1. The van der Waals surface area contributed by atoms with E-state index in [0.717, 1.165) is 24.0 Å². The van der Waals surface area contributed by atoms with Gasteiger partial charge in [0.15, 0.2) is 0 Å². The molecular weight excluding hydrogens is 310 g/mol. The van der Waals surface area contributed by atoms with Crippen molar-refractivity contribution in [1.29, 1.82) is 0 Å². The molecule has 0 saturated heterocycles. The van der Waals surface area contributed by atoms with E-state index in [1.807, 2.05) is 6.92 Å². The molecule has 0 atom stereocenters. The van der Waals surface area contributed by atoms with Crippen molar-refractivity contribution in [2.45, 2.75) is 59.8 Å². The van der Waals surface area contributed by atoms with Crippen LogP contribution in [0.15, 0.2) is 12.1 Å². The molecule has 0 amide bonds. The molecule has 0 aliphatic heterocycles. The van der Waals surface area contributed by atoms with Crippen LogP contribution in [0.3, 0.4) is 0 Å². The molecule has 0 spiro atoms. The summed E-state index contributed by atoms with van der Waals surface area (Å²) in [5, 5.41) is 6.80. The van der Waals surface area contributed by atoms with E-state index in [4.69, 9.17) is 0 Å². The molecule has 25 heavy (non-hydrogen) atoms. The molecule has 1 saturated carbocycles. The fourth-order valence-corrected chi connectivity index (χ4v) is 3.73. The monoisotopic (exact) mass is 339 g/mol. The highest BCUT2D eigenvalue weighted by molar-refractivity contribution is 5.64. The highest BCUT2D eigenvalue weighted by Crippen LogP contribution is 2.26. The Morgan fingerprint density at radius 3 is 2.20 bits per heavy atom. The van der Waals surface area contributed by atoms with Crippen molar-refractivity contribution in [2.24, 2.45) is 5.92 Å². The molecule has 1 aromatic heterocycles. The molecule has 1 aromatic carbocycles. The number of anilines is 3. The number of nitrogens with one attached hydrogen (secondary N) is 2. The van der Waals surface area contributed by atoms with Crippen molar-refractivity contribution < 1.29 is 0 Å². The summed E-state index contributed by atoms with van der Waals surface area (Å²) in [7, 11) is 0. The zero-order valence-electron chi connectivity index (χ0n) is 15.8. The van der Waals surface area contributed by atoms with Gasteiger partial charge in [-0.25, -0.2) is 0 Å². The maximum atomic E-state index is 4.57. The van der Waals surface area contributed by atoms with Crippen molar-refractivity contribution in [1.82, 2.24) is 15.0 Å². The van der Waals surface area contributed by atoms with Crippen molar-refractivity contribution in [3.05, 3.63) is 34.6 Å². The van der Waals surface area contributed by atoms with Crippen LogP contribution in [0.4, 0.5) is 17.6 Å². The normalized spacial score (nSPS) is 15.2. The Labute approximate surface area is 150 Å². The van der Waals surface area contributed by atoms with Gasteiger partial charge in [0, 0.05) is 12.2 Å². The molecular formula is C20H29N5. The summed E-state index contributed by atoms with van der Waals surface area (Å²) in [6.45, 7) is 9.19. The number of aryl methyl sites for hydroxylation is 4. The summed E-state index contributed by atoms with van der Waals surface area (Å²) < 4.78 is 0. The lowest BCUT2D eigenvalue weighted by Gasteiger charge is -2.21. The van der Waals surface area contributed by atoms with Gasteiger partial charge in [0.1, 0.15) is 5.82 Å².